The molecule has 0 saturated heterocycles. The second-order valence-electron chi connectivity index (χ2n) is 7.14. The predicted octanol–water partition coefficient (Wildman–Crippen LogP) is 5.54. The van der Waals surface area contributed by atoms with Crippen LogP contribution in [0.15, 0.2) is 54.6 Å². The Morgan fingerprint density at radius 2 is 1.31 bits per heavy atom. The third-order valence-electron chi connectivity index (χ3n) is 5.26. The first kappa shape index (κ1) is 16.5. The monoisotopic (exact) mass is 342 g/mol. The number of aryl methyl sites for hydroxylation is 3. The second-order valence-corrected chi connectivity index (χ2v) is 7.14. The maximum Gasteiger partial charge on any atom is 0.116 e. The smallest absolute Gasteiger partial charge is 0.116 e. The van der Waals surface area contributed by atoms with E-state index in [2.05, 4.69) is 19.1 Å². The van der Waals surface area contributed by atoms with Crippen LogP contribution in [0.25, 0.3) is 11.1 Å². The lowest BCUT2D eigenvalue weighted by Crippen LogP contribution is -1.96. The molecule has 0 radical (unpaired) electrons. The van der Waals surface area contributed by atoms with Crippen molar-refractivity contribution in [2.45, 2.75) is 27.2 Å². The van der Waals surface area contributed by atoms with E-state index in [4.69, 9.17) is 0 Å². The molecule has 3 aromatic rings. The molecule has 0 amide bonds. The number of allylic oxidation sites excluding steroid dienone is 1. The van der Waals surface area contributed by atoms with Crippen molar-refractivity contribution in [3.05, 3.63) is 93.5 Å². The Bertz CT molecular complexity index is 1020. The zero-order valence-corrected chi connectivity index (χ0v) is 15.3. The van der Waals surface area contributed by atoms with Gasteiger partial charge in [0.05, 0.1) is 0 Å². The zero-order valence-electron chi connectivity index (χ0n) is 15.3. The Hall–Kier alpha value is -3.00. The Labute approximate surface area is 154 Å². The number of phenols is 2. The number of hydrogen-bond donors (Lipinski definition) is 2. The minimum absolute atomic E-state index is 0.301. The van der Waals surface area contributed by atoms with Gasteiger partial charge in [-0.15, -0.1) is 0 Å². The molecular weight excluding hydrogens is 320 g/mol. The average molecular weight is 342 g/mol. The van der Waals surface area contributed by atoms with Gasteiger partial charge in [0.1, 0.15) is 11.5 Å². The van der Waals surface area contributed by atoms with E-state index in [1.54, 1.807) is 0 Å². The molecule has 0 aromatic heterocycles. The molecule has 26 heavy (non-hydrogen) atoms. The third-order valence-corrected chi connectivity index (χ3v) is 5.26. The summed E-state index contributed by atoms with van der Waals surface area (Å²) in [5, 5.41) is 20.1. The van der Waals surface area contributed by atoms with Gasteiger partial charge in [-0.2, -0.15) is 0 Å². The molecule has 130 valence electrons. The highest BCUT2D eigenvalue weighted by atomic mass is 16.3. The molecule has 4 rings (SSSR count). The summed E-state index contributed by atoms with van der Waals surface area (Å²) in [5.74, 6) is 0.602. The summed E-state index contributed by atoms with van der Waals surface area (Å²) < 4.78 is 0. The van der Waals surface area contributed by atoms with Crippen molar-refractivity contribution < 1.29 is 10.2 Å². The molecule has 1 aliphatic rings. The van der Waals surface area contributed by atoms with Gasteiger partial charge in [0.2, 0.25) is 0 Å². The average Bonchev–Trinajstić information content (AvgIpc) is 2.94. The van der Waals surface area contributed by atoms with Crippen LogP contribution in [0.3, 0.4) is 0 Å². The number of aromatic hydroxyl groups is 2. The van der Waals surface area contributed by atoms with Crippen LogP contribution < -0.4 is 0 Å². The quantitative estimate of drug-likeness (QED) is 0.642. The van der Waals surface area contributed by atoms with Crippen LogP contribution in [0.5, 0.6) is 11.5 Å². The molecule has 0 bridgehead atoms. The fourth-order valence-electron chi connectivity index (χ4n) is 4.25. The molecule has 0 saturated carbocycles. The molecule has 2 nitrogen and oxygen atoms in total. The van der Waals surface area contributed by atoms with Crippen molar-refractivity contribution in [3.8, 4) is 11.5 Å². The van der Waals surface area contributed by atoms with Crippen LogP contribution in [0, 0.1) is 20.8 Å². The van der Waals surface area contributed by atoms with Crippen LogP contribution in [-0.4, -0.2) is 10.2 Å². The van der Waals surface area contributed by atoms with Crippen LogP contribution >= 0.6 is 0 Å². The topological polar surface area (TPSA) is 40.5 Å². The van der Waals surface area contributed by atoms with Crippen molar-refractivity contribution in [2.24, 2.45) is 0 Å². The molecule has 0 spiro atoms. The lowest BCUT2D eigenvalue weighted by Gasteiger charge is -2.15. The summed E-state index contributed by atoms with van der Waals surface area (Å²) in [6, 6.07) is 17.7. The summed E-state index contributed by atoms with van der Waals surface area (Å²) in [5.41, 5.74) is 10.4. The summed E-state index contributed by atoms with van der Waals surface area (Å²) in [6.45, 7) is 6.15. The van der Waals surface area contributed by atoms with Gasteiger partial charge in [-0.1, -0.05) is 30.3 Å². The van der Waals surface area contributed by atoms with Gasteiger partial charge in [0.25, 0.3) is 0 Å². The van der Waals surface area contributed by atoms with Crippen molar-refractivity contribution in [2.75, 3.05) is 0 Å². The van der Waals surface area contributed by atoms with Gasteiger partial charge in [0.15, 0.2) is 0 Å². The molecular formula is C24H22O2. The number of rotatable bonds is 2. The Morgan fingerprint density at radius 1 is 0.731 bits per heavy atom. The number of phenolic OH excluding ortho intramolecular Hbond substituents is 2. The molecule has 3 aromatic carbocycles. The van der Waals surface area contributed by atoms with Gasteiger partial charge >= 0.3 is 0 Å². The highest BCUT2D eigenvalue weighted by Gasteiger charge is 2.27. The van der Waals surface area contributed by atoms with E-state index in [-0.39, 0.29) is 0 Å². The van der Waals surface area contributed by atoms with Crippen molar-refractivity contribution in [1.82, 2.24) is 0 Å². The number of hydrogen-bond acceptors (Lipinski definition) is 2. The van der Waals surface area contributed by atoms with E-state index >= 15 is 0 Å². The molecule has 2 heteroatoms. The molecule has 2 N–H and O–H groups in total. The first-order valence-corrected chi connectivity index (χ1v) is 8.87. The number of benzene rings is 3. The Kier molecular flexibility index (Phi) is 3.84. The minimum Gasteiger partial charge on any atom is -0.508 e. The number of fused-ring (bicyclic) bond motifs is 1. The lowest BCUT2D eigenvalue weighted by atomic mass is 9.89. The zero-order chi connectivity index (χ0) is 18.4. The van der Waals surface area contributed by atoms with E-state index in [1.807, 2.05) is 56.3 Å². The van der Waals surface area contributed by atoms with E-state index in [9.17, 15) is 10.2 Å². The predicted molar refractivity (Wildman–Crippen MR) is 106 cm³/mol. The maximum atomic E-state index is 10.2. The molecule has 0 aliphatic heterocycles. The van der Waals surface area contributed by atoms with Gasteiger partial charge < -0.3 is 10.2 Å². The molecule has 0 fully saturated rings. The fraction of sp³-hybridized carbons (Fsp3) is 0.167. The maximum absolute atomic E-state index is 10.2. The van der Waals surface area contributed by atoms with E-state index in [0.29, 0.717) is 11.5 Å². The van der Waals surface area contributed by atoms with E-state index in [0.717, 1.165) is 34.2 Å². The van der Waals surface area contributed by atoms with Gasteiger partial charge in [-0.25, -0.2) is 0 Å². The summed E-state index contributed by atoms with van der Waals surface area (Å²) in [4.78, 5) is 0. The summed E-state index contributed by atoms with van der Waals surface area (Å²) in [7, 11) is 0. The molecule has 0 atom stereocenters. The summed E-state index contributed by atoms with van der Waals surface area (Å²) in [6.07, 6.45) is 0.831. The van der Waals surface area contributed by atoms with Crippen molar-refractivity contribution in [1.29, 1.82) is 0 Å². The summed E-state index contributed by atoms with van der Waals surface area (Å²) >= 11 is 0. The first-order valence-electron chi connectivity index (χ1n) is 8.87. The van der Waals surface area contributed by atoms with Crippen LogP contribution in [0.4, 0.5) is 0 Å². The van der Waals surface area contributed by atoms with Gasteiger partial charge in [0, 0.05) is 0 Å². The third kappa shape index (κ3) is 2.59. The lowest BCUT2D eigenvalue weighted by molar-refractivity contribution is 0.474. The van der Waals surface area contributed by atoms with E-state index < -0.39 is 0 Å². The normalized spacial score (nSPS) is 13.2. The SMILES string of the molecule is Cc1cc(O)cc2c1CC(c1c(C)cc(O)cc1C)=C2c1ccccc1. The molecule has 0 heterocycles. The van der Waals surface area contributed by atoms with Crippen molar-refractivity contribution >= 4 is 11.1 Å². The van der Waals surface area contributed by atoms with Crippen molar-refractivity contribution in [3.63, 3.8) is 0 Å². The van der Waals surface area contributed by atoms with Gasteiger partial charge in [-0.05, 0) is 102 Å². The largest absolute Gasteiger partial charge is 0.508 e. The Morgan fingerprint density at radius 3 is 1.96 bits per heavy atom. The highest BCUT2D eigenvalue weighted by Crippen LogP contribution is 2.46. The van der Waals surface area contributed by atoms with Crippen LogP contribution in [0.1, 0.15) is 38.9 Å². The highest BCUT2D eigenvalue weighted by molar-refractivity contribution is 6.05. The molecule has 0 unspecified atom stereocenters. The van der Waals surface area contributed by atoms with Crippen LogP contribution in [0.2, 0.25) is 0 Å². The van der Waals surface area contributed by atoms with Crippen LogP contribution in [-0.2, 0) is 6.42 Å². The van der Waals surface area contributed by atoms with E-state index in [1.165, 1.54) is 22.3 Å². The standard InChI is InChI=1S/C24H22O2/c1-14-9-19(26)12-21-20(14)13-22(24(21)17-7-5-4-6-8-17)23-15(2)10-18(25)11-16(23)3/h4-12,25-26H,13H2,1-3H3. The first-order chi connectivity index (χ1) is 12.5. The Balaban J connectivity index is 2.06. The minimum atomic E-state index is 0.301. The second kappa shape index (κ2) is 6.06. The molecule has 1 aliphatic carbocycles. The fourth-order valence-corrected chi connectivity index (χ4v) is 4.25. The van der Waals surface area contributed by atoms with Gasteiger partial charge in [-0.3, -0.25) is 0 Å².